The van der Waals surface area contributed by atoms with Crippen molar-refractivity contribution in [1.82, 2.24) is 4.90 Å². The van der Waals surface area contributed by atoms with Crippen molar-refractivity contribution in [3.05, 3.63) is 65.7 Å². The quantitative estimate of drug-likeness (QED) is 0.461. The molecule has 0 spiro atoms. The van der Waals surface area contributed by atoms with Gasteiger partial charge in [-0.3, -0.25) is 24.1 Å². The number of amides is 3. The molecule has 0 unspecified atom stereocenters. The molecule has 0 aliphatic carbocycles. The Morgan fingerprint density at radius 2 is 1.52 bits per heavy atom. The smallest absolute Gasteiger partial charge is 0.261 e. The second-order valence-corrected chi connectivity index (χ2v) is 5.64. The molecule has 3 rings (SSSR count). The molecule has 128 valence electrons. The number of para-hydroxylation sites is 1. The van der Waals surface area contributed by atoms with Crippen LogP contribution in [0.15, 0.2) is 54.6 Å². The summed E-state index contributed by atoms with van der Waals surface area (Å²) in [5.41, 5.74) is 1.50. The third kappa shape index (κ3) is 3.44. The summed E-state index contributed by atoms with van der Waals surface area (Å²) in [6.45, 7) is 1.87. The molecule has 0 saturated heterocycles. The summed E-state index contributed by atoms with van der Waals surface area (Å²) in [5, 5.41) is 1.21. The molecule has 2 aromatic carbocycles. The molecule has 2 aromatic rings. The number of fused-ring (bicyclic) bond motifs is 1. The molecular weight excluding hydrogens is 320 g/mol. The summed E-state index contributed by atoms with van der Waals surface area (Å²) >= 11 is 0. The highest BCUT2D eigenvalue weighted by atomic mass is 16.7. The van der Waals surface area contributed by atoms with Crippen LogP contribution in [0.25, 0.3) is 0 Å². The van der Waals surface area contributed by atoms with Crippen molar-refractivity contribution in [2.45, 2.75) is 13.3 Å². The van der Waals surface area contributed by atoms with Gasteiger partial charge in [0.05, 0.1) is 23.4 Å². The van der Waals surface area contributed by atoms with Crippen LogP contribution >= 0.6 is 0 Å². The van der Waals surface area contributed by atoms with Crippen molar-refractivity contribution < 1.29 is 19.2 Å². The second kappa shape index (κ2) is 7.27. The predicted molar refractivity (Wildman–Crippen MR) is 92.0 cm³/mol. The second-order valence-electron chi connectivity index (χ2n) is 5.64. The van der Waals surface area contributed by atoms with Gasteiger partial charge in [0.1, 0.15) is 0 Å². The number of hydroxylamine groups is 1. The minimum atomic E-state index is -0.285. The first-order chi connectivity index (χ1) is 12.1. The number of carbonyl (C=O) groups excluding carboxylic acids is 3. The van der Waals surface area contributed by atoms with Crippen LogP contribution < -0.4 is 5.06 Å². The number of carbonyl (C=O) groups is 3. The third-order valence-corrected chi connectivity index (χ3v) is 3.90. The lowest BCUT2D eigenvalue weighted by molar-refractivity contribution is -0.123. The van der Waals surface area contributed by atoms with E-state index in [1.54, 1.807) is 36.4 Å². The summed E-state index contributed by atoms with van der Waals surface area (Å²) in [6.07, 6.45) is 0.433. The maximum Gasteiger partial charge on any atom is 0.261 e. The Morgan fingerprint density at radius 3 is 2.08 bits per heavy atom. The minimum absolute atomic E-state index is 0.210. The van der Waals surface area contributed by atoms with Gasteiger partial charge >= 0.3 is 0 Å². The molecule has 1 aliphatic rings. The number of rotatable bonds is 6. The summed E-state index contributed by atoms with van der Waals surface area (Å²) < 4.78 is 0. The molecule has 0 radical (unpaired) electrons. The standard InChI is InChI=1S/C19H18N2O4/c1-14(22)21(15-8-3-2-4-9-15)25-13-7-12-20-18(23)16-10-5-6-11-17(16)19(20)24/h2-6,8-11H,7,12-13H2,1H3. The van der Waals surface area contributed by atoms with Crippen molar-refractivity contribution in [2.75, 3.05) is 18.2 Å². The lowest BCUT2D eigenvalue weighted by atomic mass is 10.1. The first kappa shape index (κ1) is 16.9. The first-order valence-electron chi connectivity index (χ1n) is 8.03. The van der Waals surface area contributed by atoms with E-state index in [1.807, 2.05) is 18.2 Å². The SMILES string of the molecule is CC(=O)N(OCCCN1C(=O)c2ccccc2C1=O)c1ccccc1. The van der Waals surface area contributed by atoms with E-state index in [4.69, 9.17) is 4.84 Å². The Balaban J connectivity index is 1.56. The molecule has 1 aliphatic heterocycles. The van der Waals surface area contributed by atoms with E-state index >= 15 is 0 Å². The summed E-state index contributed by atoms with van der Waals surface area (Å²) in [7, 11) is 0. The average molecular weight is 338 g/mol. The molecular formula is C19H18N2O4. The van der Waals surface area contributed by atoms with Gasteiger partial charge in [-0.25, -0.2) is 0 Å². The molecule has 0 bridgehead atoms. The van der Waals surface area contributed by atoms with E-state index in [9.17, 15) is 14.4 Å². The zero-order valence-corrected chi connectivity index (χ0v) is 13.8. The first-order valence-corrected chi connectivity index (χ1v) is 8.03. The van der Waals surface area contributed by atoms with Gasteiger partial charge in [0.2, 0.25) is 5.91 Å². The largest absolute Gasteiger partial charge is 0.274 e. The van der Waals surface area contributed by atoms with Gasteiger partial charge < -0.3 is 0 Å². The Bertz CT molecular complexity index is 769. The summed E-state index contributed by atoms with van der Waals surface area (Å²) in [6, 6.07) is 15.8. The molecule has 25 heavy (non-hydrogen) atoms. The fourth-order valence-corrected chi connectivity index (χ4v) is 2.73. The molecule has 1 heterocycles. The number of imide groups is 1. The Hall–Kier alpha value is -2.99. The van der Waals surface area contributed by atoms with E-state index in [-0.39, 0.29) is 30.9 Å². The zero-order valence-electron chi connectivity index (χ0n) is 13.8. The van der Waals surface area contributed by atoms with Crippen molar-refractivity contribution >= 4 is 23.4 Å². The lowest BCUT2D eigenvalue weighted by Gasteiger charge is -2.21. The number of hydrogen-bond donors (Lipinski definition) is 0. The van der Waals surface area contributed by atoms with Gasteiger partial charge in [-0.1, -0.05) is 30.3 Å². The van der Waals surface area contributed by atoms with Crippen molar-refractivity contribution in [2.24, 2.45) is 0 Å². The van der Waals surface area contributed by atoms with Crippen LogP contribution in [-0.4, -0.2) is 35.8 Å². The van der Waals surface area contributed by atoms with Crippen LogP contribution in [-0.2, 0) is 9.63 Å². The lowest BCUT2D eigenvalue weighted by Crippen LogP contribution is -2.33. The molecule has 0 N–H and O–H groups in total. The molecule has 0 aromatic heterocycles. The van der Waals surface area contributed by atoms with Gasteiger partial charge in [-0.05, 0) is 30.7 Å². The molecule has 0 atom stereocenters. The van der Waals surface area contributed by atoms with Gasteiger partial charge in [0, 0.05) is 13.5 Å². The fraction of sp³-hybridized carbons (Fsp3) is 0.211. The summed E-state index contributed by atoms with van der Waals surface area (Å²) in [4.78, 5) is 43.0. The average Bonchev–Trinajstić information content (AvgIpc) is 2.87. The van der Waals surface area contributed by atoms with E-state index in [1.165, 1.54) is 16.9 Å². The zero-order chi connectivity index (χ0) is 17.8. The van der Waals surface area contributed by atoms with Gasteiger partial charge in [-0.15, -0.1) is 0 Å². The van der Waals surface area contributed by atoms with Crippen LogP contribution in [0.2, 0.25) is 0 Å². The highest BCUT2D eigenvalue weighted by Gasteiger charge is 2.34. The molecule has 0 saturated carbocycles. The Kier molecular flexibility index (Phi) is 4.90. The van der Waals surface area contributed by atoms with Gasteiger partial charge in [0.15, 0.2) is 0 Å². The van der Waals surface area contributed by atoms with Crippen molar-refractivity contribution in [1.29, 1.82) is 0 Å². The predicted octanol–water partition coefficient (Wildman–Crippen LogP) is 2.66. The highest BCUT2D eigenvalue weighted by molar-refractivity contribution is 6.21. The van der Waals surface area contributed by atoms with Gasteiger partial charge in [-0.2, -0.15) is 5.06 Å². The Labute approximate surface area is 145 Å². The van der Waals surface area contributed by atoms with E-state index in [2.05, 4.69) is 0 Å². The van der Waals surface area contributed by atoms with Crippen LogP contribution in [0.4, 0.5) is 5.69 Å². The van der Waals surface area contributed by atoms with Crippen molar-refractivity contribution in [3.8, 4) is 0 Å². The normalized spacial score (nSPS) is 13.1. The molecule has 0 fully saturated rings. The van der Waals surface area contributed by atoms with E-state index in [0.29, 0.717) is 23.2 Å². The van der Waals surface area contributed by atoms with Gasteiger partial charge in [0.25, 0.3) is 11.8 Å². The third-order valence-electron chi connectivity index (χ3n) is 3.90. The number of anilines is 1. The topological polar surface area (TPSA) is 66.9 Å². The van der Waals surface area contributed by atoms with E-state index < -0.39 is 0 Å². The molecule has 6 nitrogen and oxygen atoms in total. The number of hydrogen-bond acceptors (Lipinski definition) is 4. The summed E-state index contributed by atoms with van der Waals surface area (Å²) in [5.74, 6) is -0.814. The van der Waals surface area contributed by atoms with Crippen molar-refractivity contribution in [3.63, 3.8) is 0 Å². The maximum absolute atomic E-state index is 12.3. The maximum atomic E-state index is 12.3. The molecule has 3 amide bonds. The van der Waals surface area contributed by atoms with Crippen LogP contribution in [0, 0.1) is 0 Å². The Morgan fingerprint density at radius 1 is 0.960 bits per heavy atom. The number of nitrogens with zero attached hydrogens (tertiary/aromatic N) is 2. The van der Waals surface area contributed by atoms with E-state index in [0.717, 1.165) is 0 Å². The highest BCUT2D eigenvalue weighted by Crippen LogP contribution is 2.22. The van der Waals surface area contributed by atoms with Crippen LogP contribution in [0.3, 0.4) is 0 Å². The monoisotopic (exact) mass is 338 g/mol. The van der Waals surface area contributed by atoms with Crippen LogP contribution in [0.5, 0.6) is 0 Å². The fourth-order valence-electron chi connectivity index (χ4n) is 2.73. The number of benzene rings is 2. The minimum Gasteiger partial charge on any atom is -0.274 e. The molecule has 6 heteroatoms. The van der Waals surface area contributed by atoms with Crippen LogP contribution in [0.1, 0.15) is 34.1 Å².